The Morgan fingerprint density at radius 2 is 2.15 bits per heavy atom. The molecule has 0 aromatic carbocycles. The maximum Gasteiger partial charge on any atom is 0.222 e. The summed E-state index contributed by atoms with van der Waals surface area (Å²) in [6, 6.07) is 4.69. The van der Waals surface area contributed by atoms with E-state index in [9.17, 15) is 0 Å². The second-order valence-electron chi connectivity index (χ2n) is 5.06. The van der Waals surface area contributed by atoms with Crippen molar-refractivity contribution >= 4 is 15.9 Å². The molecule has 1 aliphatic carbocycles. The number of halogens is 1. The van der Waals surface area contributed by atoms with Crippen LogP contribution in [0.1, 0.15) is 24.0 Å². The average Bonchev–Trinajstić information content (AvgIpc) is 3.23. The molecule has 2 aromatic rings. The van der Waals surface area contributed by atoms with Crippen LogP contribution < -0.4 is 10.1 Å². The smallest absolute Gasteiger partial charge is 0.222 e. The van der Waals surface area contributed by atoms with Gasteiger partial charge in [-0.3, -0.25) is 4.98 Å². The van der Waals surface area contributed by atoms with Gasteiger partial charge in [-0.25, -0.2) is 4.98 Å². The standard InChI is InChI=1S/C15H16BrN3O/c1-10-4-11(6-18-13-2-3-13)7-19-15(10)20-14-5-12(16)8-17-9-14/h4-5,7-9,13,18H,2-3,6H2,1H3. The maximum atomic E-state index is 5.76. The largest absolute Gasteiger partial charge is 0.437 e. The Bertz CT molecular complexity index is 614. The molecule has 0 amide bonds. The van der Waals surface area contributed by atoms with Crippen LogP contribution in [-0.2, 0) is 6.54 Å². The molecule has 0 saturated heterocycles. The second kappa shape index (κ2) is 5.89. The molecule has 0 radical (unpaired) electrons. The maximum absolute atomic E-state index is 5.76. The number of nitrogens with zero attached hydrogens (tertiary/aromatic N) is 2. The fraction of sp³-hybridized carbons (Fsp3) is 0.333. The number of ether oxygens (including phenoxy) is 1. The van der Waals surface area contributed by atoms with Crippen molar-refractivity contribution in [3.63, 3.8) is 0 Å². The zero-order valence-corrected chi connectivity index (χ0v) is 12.9. The molecule has 20 heavy (non-hydrogen) atoms. The molecule has 104 valence electrons. The van der Waals surface area contributed by atoms with Gasteiger partial charge in [0.05, 0.1) is 6.20 Å². The number of pyridine rings is 2. The van der Waals surface area contributed by atoms with Gasteiger partial charge >= 0.3 is 0 Å². The Kier molecular flexibility index (Phi) is 3.98. The van der Waals surface area contributed by atoms with Gasteiger partial charge in [-0.05, 0) is 53.4 Å². The van der Waals surface area contributed by atoms with Crippen LogP contribution in [0.2, 0.25) is 0 Å². The summed E-state index contributed by atoms with van der Waals surface area (Å²) in [5.74, 6) is 1.30. The zero-order valence-electron chi connectivity index (χ0n) is 11.3. The lowest BCUT2D eigenvalue weighted by Gasteiger charge is -2.09. The van der Waals surface area contributed by atoms with Crippen molar-refractivity contribution in [3.05, 3.63) is 46.3 Å². The first-order valence-corrected chi connectivity index (χ1v) is 7.47. The molecule has 4 nitrogen and oxygen atoms in total. The highest BCUT2D eigenvalue weighted by Crippen LogP contribution is 2.25. The van der Waals surface area contributed by atoms with E-state index in [0.717, 1.165) is 16.6 Å². The normalized spacial score (nSPS) is 14.3. The minimum atomic E-state index is 0.625. The summed E-state index contributed by atoms with van der Waals surface area (Å²) in [5, 5.41) is 3.48. The Hall–Kier alpha value is -1.46. The van der Waals surface area contributed by atoms with Crippen LogP contribution in [0.3, 0.4) is 0 Å². The topological polar surface area (TPSA) is 47.0 Å². The predicted molar refractivity (Wildman–Crippen MR) is 80.8 cm³/mol. The molecular weight excluding hydrogens is 318 g/mol. The molecule has 0 bridgehead atoms. The SMILES string of the molecule is Cc1cc(CNC2CC2)cnc1Oc1cncc(Br)c1. The van der Waals surface area contributed by atoms with E-state index in [1.807, 2.05) is 19.2 Å². The molecule has 1 N–H and O–H groups in total. The summed E-state index contributed by atoms with van der Waals surface area (Å²) in [5.41, 5.74) is 2.22. The highest BCUT2D eigenvalue weighted by Gasteiger charge is 2.20. The summed E-state index contributed by atoms with van der Waals surface area (Å²) >= 11 is 3.37. The molecular formula is C15H16BrN3O. The minimum absolute atomic E-state index is 0.625. The first-order valence-electron chi connectivity index (χ1n) is 6.68. The van der Waals surface area contributed by atoms with E-state index in [-0.39, 0.29) is 0 Å². The van der Waals surface area contributed by atoms with Gasteiger partial charge in [0, 0.05) is 35.0 Å². The van der Waals surface area contributed by atoms with Gasteiger partial charge in [0.1, 0.15) is 5.75 Å². The predicted octanol–water partition coefficient (Wildman–Crippen LogP) is 3.59. The fourth-order valence-corrected chi connectivity index (χ4v) is 2.28. The Labute approximate surface area is 126 Å². The zero-order chi connectivity index (χ0) is 13.9. The molecule has 2 aromatic heterocycles. The van der Waals surface area contributed by atoms with Gasteiger partial charge < -0.3 is 10.1 Å². The van der Waals surface area contributed by atoms with E-state index in [4.69, 9.17) is 4.74 Å². The van der Waals surface area contributed by atoms with Gasteiger partial charge in [0.15, 0.2) is 0 Å². The Morgan fingerprint density at radius 1 is 1.30 bits per heavy atom. The van der Waals surface area contributed by atoms with Gasteiger partial charge in [-0.1, -0.05) is 0 Å². The summed E-state index contributed by atoms with van der Waals surface area (Å²) in [4.78, 5) is 8.47. The van der Waals surface area contributed by atoms with Crippen LogP contribution >= 0.6 is 15.9 Å². The number of aromatic nitrogens is 2. The van der Waals surface area contributed by atoms with Crippen LogP contribution in [-0.4, -0.2) is 16.0 Å². The molecule has 0 spiro atoms. The van der Waals surface area contributed by atoms with Crippen molar-refractivity contribution in [3.8, 4) is 11.6 Å². The van der Waals surface area contributed by atoms with Crippen molar-refractivity contribution in [2.24, 2.45) is 0 Å². The van der Waals surface area contributed by atoms with Crippen molar-refractivity contribution in [2.75, 3.05) is 0 Å². The van der Waals surface area contributed by atoms with E-state index in [1.165, 1.54) is 18.4 Å². The quantitative estimate of drug-likeness (QED) is 0.908. The van der Waals surface area contributed by atoms with Crippen molar-refractivity contribution in [1.29, 1.82) is 0 Å². The van der Waals surface area contributed by atoms with E-state index < -0.39 is 0 Å². The summed E-state index contributed by atoms with van der Waals surface area (Å²) in [6.07, 6.45) is 7.85. The van der Waals surface area contributed by atoms with Gasteiger partial charge in [0.25, 0.3) is 0 Å². The lowest BCUT2D eigenvalue weighted by atomic mass is 10.2. The number of rotatable bonds is 5. The molecule has 1 aliphatic rings. The van der Waals surface area contributed by atoms with Gasteiger partial charge in [-0.15, -0.1) is 0 Å². The van der Waals surface area contributed by atoms with Crippen molar-refractivity contribution in [1.82, 2.24) is 15.3 Å². The minimum Gasteiger partial charge on any atom is -0.437 e. The summed E-state index contributed by atoms with van der Waals surface area (Å²) in [6.45, 7) is 2.88. The number of hydrogen-bond acceptors (Lipinski definition) is 4. The average molecular weight is 334 g/mol. The van der Waals surface area contributed by atoms with Crippen LogP contribution in [0.15, 0.2) is 35.2 Å². The molecule has 2 heterocycles. The van der Waals surface area contributed by atoms with Crippen molar-refractivity contribution in [2.45, 2.75) is 32.4 Å². The van der Waals surface area contributed by atoms with Gasteiger partial charge in [-0.2, -0.15) is 0 Å². The Balaban J connectivity index is 1.69. The van der Waals surface area contributed by atoms with Crippen LogP contribution in [0, 0.1) is 6.92 Å². The highest BCUT2D eigenvalue weighted by atomic mass is 79.9. The third kappa shape index (κ3) is 3.55. The van der Waals surface area contributed by atoms with Crippen LogP contribution in [0.5, 0.6) is 11.6 Å². The third-order valence-corrected chi connectivity index (χ3v) is 3.59. The monoisotopic (exact) mass is 333 g/mol. The van der Waals surface area contributed by atoms with E-state index >= 15 is 0 Å². The van der Waals surface area contributed by atoms with Gasteiger partial charge in [0.2, 0.25) is 5.88 Å². The molecule has 0 atom stereocenters. The molecule has 1 fully saturated rings. The number of hydrogen-bond donors (Lipinski definition) is 1. The number of aryl methyl sites for hydroxylation is 1. The van der Waals surface area contributed by atoms with E-state index in [2.05, 4.69) is 37.3 Å². The molecule has 1 saturated carbocycles. The molecule has 0 aliphatic heterocycles. The first kappa shape index (κ1) is 13.5. The third-order valence-electron chi connectivity index (χ3n) is 3.15. The first-order chi connectivity index (χ1) is 9.70. The lowest BCUT2D eigenvalue weighted by Crippen LogP contribution is -2.15. The van der Waals surface area contributed by atoms with Crippen LogP contribution in [0.25, 0.3) is 0 Å². The summed E-state index contributed by atoms with van der Waals surface area (Å²) < 4.78 is 6.65. The fourth-order valence-electron chi connectivity index (χ4n) is 1.93. The van der Waals surface area contributed by atoms with E-state index in [1.54, 1.807) is 12.4 Å². The Morgan fingerprint density at radius 3 is 2.85 bits per heavy atom. The van der Waals surface area contributed by atoms with Crippen LogP contribution in [0.4, 0.5) is 0 Å². The highest BCUT2D eigenvalue weighted by molar-refractivity contribution is 9.10. The molecule has 3 rings (SSSR count). The molecule has 5 heteroatoms. The van der Waals surface area contributed by atoms with Crippen molar-refractivity contribution < 1.29 is 4.74 Å². The number of nitrogens with one attached hydrogen (secondary N) is 1. The second-order valence-corrected chi connectivity index (χ2v) is 5.98. The van der Waals surface area contributed by atoms with E-state index in [0.29, 0.717) is 17.7 Å². The summed E-state index contributed by atoms with van der Waals surface area (Å²) in [7, 11) is 0. The molecule has 0 unspecified atom stereocenters. The lowest BCUT2D eigenvalue weighted by molar-refractivity contribution is 0.455.